The van der Waals surface area contributed by atoms with Gasteiger partial charge in [0.25, 0.3) is 0 Å². The highest BCUT2D eigenvalue weighted by Crippen LogP contribution is 2.40. The molecular formula is C26H24F4N6O2. The molecule has 12 heteroatoms. The molecule has 8 nitrogen and oxygen atoms in total. The first-order valence-electron chi connectivity index (χ1n) is 12.3. The van der Waals surface area contributed by atoms with Gasteiger partial charge in [0.1, 0.15) is 28.5 Å². The summed E-state index contributed by atoms with van der Waals surface area (Å²) in [5.74, 6) is -0.609. The molecule has 1 saturated heterocycles. The van der Waals surface area contributed by atoms with Crippen molar-refractivity contribution in [2.24, 2.45) is 0 Å². The SMILES string of the molecule is COc1nc2c(-c3ccc(C(F)(F)F)cc3F)nc([C@@H]3CCO[C@@H](c4cnn(C5CC5)c4)C3)nc2nc1C. The first-order valence-corrected chi connectivity index (χ1v) is 12.3. The van der Waals surface area contributed by atoms with Crippen LogP contribution in [0, 0.1) is 12.7 Å². The minimum atomic E-state index is -4.68. The number of rotatable bonds is 5. The number of methoxy groups -OCH3 is 1. The highest BCUT2D eigenvalue weighted by atomic mass is 19.4. The van der Waals surface area contributed by atoms with Gasteiger partial charge in [0.15, 0.2) is 5.65 Å². The Morgan fingerprint density at radius 2 is 1.89 bits per heavy atom. The van der Waals surface area contributed by atoms with Crippen LogP contribution in [0.25, 0.3) is 22.4 Å². The third-order valence-electron chi connectivity index (χ3n) is 6.99. The Hall–Kier alpha value is -3.67. The zero-order valence-corrected chi connectivity index (χ0v) is 20.7. The second-order valence-corrected chi connectivity index (χ2v) is 9.68. The molecule has 1 aliphatic heterocycles. The molecule has 0 radical (unpaired) electrons. The van der Waals surface area contributed by atoms with Crippen LogP contribution in [0.4, 0.5) is 17.6 Å². The van der Waals surface area contributed by atoms with Crippen molar-refractivity contribution in [1.29, 1.82) is 0 Å². The molecule has 3 aromatic heterocycles. The monoisotopic (exact) mass is 528 g/mol. The van der Waals surface area contributed by atoms with Crippen molar-refractivity contribution in [3.05, 3.63) is 59.1 Å². The molecular weight excluding hydrogens is 504 g/mol. The van der Waals surface area contributed by atoms with E-state index in [1.807, 2.05) is 17.1 Å². The average molecular weight is 529 g/mol. The lowest BCUT2D eigenvalue weighted by Crippen LogP contribution is -2.20. The number of aromatic nitrogens is 6. The van der Waals surface area contributed by atoms with Gasteiger partial charge in [0.05, 0.1) is 31.0 Å². The maximum Gasteiger partial charge on any atom is 0.416 e. The van der Waals surface area contributed by atoms with Gasteiger partial charge in [0, 0.05) is 29.8 Å². The molecule has 38 heavy (non-hydrogen) atoms. The van der Waals surface area contributed by atoms with E-state index in [4.69, 9.17) is 9.47 Å². The third-order valence-corrected chi connectivity index (χ3v) is 6.99. The average Bonchev–Trinajstić information content (AvgIpc) is 3.63. The van der Waals surface area contributed by atoms with Crippen molar-refractivity contribution in [2.45, 2.75) is 56.8 Å². The molecule has 2 aliphatic rings. The van der Waals surface area contributed by atoms with E-state index in [2.05, 4.69) is 25.0 Å². The van der Waals surface area contributed by atoms with E-state index >= 15 is 4.39 Å². The second kappa shape index (κ2) is 9.26. The number of aryl methyl sites for hydroxylation is 1. The van der Waals surface area contributed by atoms with Crippen LogP contribution >= 0.6 is 0 Å². The number of benzene rings is 1. The van der Waals surface area contributed by atoms with Crippen molar-refractivity contribution in [3.63, 3.8) is 0 Å². The number of fused-ring (bicyclic) bond motifs is 1. The molecule has 0 spiro atoms. The fourth-order valence-corrected chi connectivity index (χ4v) is 4.80. The molecule has 2 fully saturated rings. The summed E-state index contributed by atoms with van der Waals surface area (Å²) in [5.41, 5.74) is 0.651. The summed E-state index contributed by atoms with van der Waals surface area (Å²) in [5, 5.41) is 4.46. The van der Waals surface area contributed by atoms with Gasteiger partial charge in [-0.25, -0.2) is 24.3 Å². The lowest BCUT2D eigenvalue weighted by atomic mass is 9.92. The molecule has 0 bridgehead atoms. The van der Waals surface area contributed by atoms with Crippen LogP contribution in [0.1, 0.15) is 66.4 Å². The standard InChI is InChI=1S/C26H24F4N6O2/c1-13-25(37-2)34-22-21(18-6-3-16(10-19(18)27)26(28,29)30)33-23(35-24(22)32-13)14-7-8-38-20(9-14)15-11-31-36(12-15)17-4-5-17/h3,6,10-12,14,17,20H,4-5,7-9H2,1-2H3/t14-,20-/m1/s1. The minimum absolute atomic E-state index is 0.0617. The van der Waals surface area contributed by atoms with Crippen LogP contribution in [-0.4, -0.2) is 43.4 Å². The molecule has 198 valence electrons. The van der Waals surface area contributed by atoms with E-state index < -0.39 is 17.6 Å². The quantitative estimate of drug-likeness (QED) is 0.306. The highest BCUT2D eigenvalue weighted by molar-refractivity contribution is 5.87. The molecule has 4 aromatic rings. The molecule has 6 rings (SSSR count). The topological polar surface area (TPSA) is 87.8 Å². The van der Waals surface area contributed by atoms with Gasteiger partial charge >= 0.3 is 6.18 Å². The molecule has 1 aliphatic carbocycles. The molecule has 1 saturated carbocycles. The molecule has 1 aromatic carbocycles. The number of halogens is 4. The van der Waals surface area contributed by atoms with E-state index in [0.29, 0.717) is 43.1 Å². The summed E-state index contributed by atoms with van der Waals surface area (Å²) in [7, 11) is 1.42. The number of ether oxygens (including phenoxy) is 2. The zero-order chi connectivity index (χ0) is 26.6. The second-order valence-electron chi connectivity index (χ2n) is 9.68. The van der Waals surface area contributed by atoms with E-state index in [1.165, 1.54) is 7.11 Å². The van der Waals surface area contributed by atoms with Crippen molar-refractivity contribution >= 4 is 11.2 Å². The summed E-state index contributed by atoms with van der Waals surface area (Å²) >= 11 is 0. The van der Waals surface area contributed by atoms with Crippen LogP contribution in [0.3, 0.4) is 0 Å². The smallest absolute Gasteiger partial charge is 0.416 e. The largest absolute Gasteiger partial charge is 0.480 e. The fraction of sp³-hybridized carbons (Fsp3) is 0.423. The molecule has 0 unspecified atom stereocenters. The molecule has 0 N–H and O–H groups in total. The van der Waals surface area contributed by atoms with Gasteiger partial charge in [-0.15, -0.1) is 0 Å². The fourth-order valence-electron chi connectivity index (χ4n) is 4.80. The van der Waals surface area contributed by atoms with E-state index in [0.717, 1.165) is 30.5 Å². The van der Waals surface area contributed by atoms with Crippen LogP contribution in [0.5, 0.6) is 5.88 Å². The van der Waals surface area contributed by atoms with E-state index in [9.17, 15) is 13.2 Å². The van der Waals surface area contributed by atoms with Gasteiger partial charge in [0.2, 0.25) is 5.88 Å². The lowest BCUT2D eigenvalue weighted by Gasteiger charge is -2.28. The van der Waals surface area contributed by atoms with Gasteiger partial charge in [-0.2, -0.15) is 18.3 Å². The number of alkyl halides is 3. The Kier molecular flexibility index (Phi) is 6.01. The Labute approximate surface area is 215 Å². The number of hydrogen-bond acceptors (Lipinski definition) is 7. The maximum absolute atomic E-state index is 15.1. The number of hydrogen-bond donors (Lipinski definition) is 0. The first kappa shape index (κ1) is 24.7. The van der Waals surface area contributed by atoms with Gasteiger partial charge in [-0.05, 0) is 50.8 Å². The van der Waals surface area contributed by atoms with Crippen LogP contribution in [0.15, 0.2) is 30.6 Å². The first-order chi connectivity index (χ1) is 18.2. The van der Waals surface area contributed by atoms with Crippen LogP contribution < -0.4 is 4.74 Å². The van der Waals surface area contributed by atoms with E-state index in [1.54, 1.807) is 6.92 Å². The predicted octanol–water partition coefficient (Wildman–Crippen LogP) is 5.73. The summed E-state index contributed by atoms with van der Waals surface area (Å²) in [6.45, 7) is 2.16. The van der Waals surface area contributed by atoms with Crippen molar-refractivity contribution in [3.8, 4) is 17.1 Å². The van der Waals surface area contributed by atoms with E-state index in [-0.39, 0.29) is 40.3 Å². The molecule has 0 amide bonds. The summed E-state index contributed by atoms with van der Waals surface area (Å²) in [6.07, 6.45) is 2.37. The van der Waals surface area contributed by atoms with Crippen LogP contribution in [0.2, 0.25) is 0 Å². The highest BCUT2D eigenvalue weighted by Gasteiger charge is 2.33. The Balaban J connectivity index is 1.42. The van der Waals surface area contributed by atoms with Crippen molar-refractivity contribution in [1.82, 2.24) is 29.7 Å². The van der Waals surface area contributed by atoms with Crippen molar-refractivity contribution in [2.75, 3.05) is 13.7 Å². The molecule has 2 atom stereocenters. The lowest BCUT2D eigenvalue weighted by molar-refractivity contribution is -0.137. The van der Waals surface area contributed by atoms with Crippen molar-refractivity contribution < 1.29 is 27.0 Å². The third kappa shape index (κ3) is 4.57. The normalized spacial score (nSPS) is 20.2. The van der Waals surface area contributed by atoms with Crippen LogP contribution in [-0.2, 0) is 10.9 Å². The molecule has 4 heterocycles. The Morgan fingerprint density at radius 3 is 2.61 bits per heavy atom. The minimum Gasteiger partial charge on any atom is -0.480 e. The summed E-state index contributed by atoms with van der Waals surface area (Å²) in [4.78, 5) is 18.2. The maximum atomic E-state index is 15.1. The van der Waals surface area contributed by atoms with Gasteiger partial charge in [-0.3, -0.25) is 4.68 Å². The summed E-state index contributed by atoms with van der Waals surface area (Å²) < 4.78 is 67.9. The Morgan fingerprint density at radius 1 is 1.08 bits per heavy atom. The predicted molar refractivity (Wildman–Crippen MR) is 128 cm³/mol. The zero-order valence-electron chi connectivity index (χ0n) is 20.7. The van der Waals surface area contributed by atoms with Gasteiger partial charge < -0.3 is 9.47 Å². The summed E-state index contributed by atoms with van der Waals surface area (Å²) in [6, 6.07) is 2.81. The van der Waals surface area contributed by atoms with Gasteiger partial charge in [-0.1, -0.05) is 0 Å². The Bertz CT molecular complexity index is 1520. The number of nitrogens with zero attached hydrogens (tertiary/aromatic N) is 6.